The molecule has 1 amide bonds. The number of hydrogen-bond donors (Lipinski definition) is 2. The minimum atomic E-state index is -0.821. The summed E-state index contributed by atoms with van der Waals surface area (Å²) in [6.07, 6.45) is 3.50. The van der Waals surface area contributed by atoms with E-state index in [9.17, 15) is 9.90 Å². The van der Waals surface area contributed by atoms with Crippen molar-refractivity contribution in [3.63, 3.8) is 0 Å². The van der Waals surface area contributed by atoms with Gasteiger partial charge in [-0.25, -0.2) is 0 Å². The van der Waals surface area contributed by atoms with E-state index >= 15 is 0 Å². The molecular weight excluding hydrogens is 280 g/mol. The second-order valence-electron chi connectivity index (χ2n) is 6.38. The normalized spacial score (nSPS) is 21.4. The quantitative estimate of drug-likeness (QED) is 0.860. The van der Waals surface area contributed by atoms with Crippen LogP contribution < -0.4 is 10.1 Å². The number of methoxy groups -OCH3 is 1. The van der Waals surface area contributed by atoms with Gasteiger partial charge in [-0.2, -0.15) is 0 Å². The van der Waals surface area contributed by atoms with Crippen molar-refractivity contribution in [2.45, 2.75) is 37.3 Å². The first kappa shape index (κ1) is 15.3. The number of nitrogens with one attached hydrogen (secondary N) is 1. The van der Waals surface area contributed by atoms with Crippen molar-refractivity contribution in [3.8, 4) is 5.75 Å². The maximum Gasteiger partial charge on any atom is 0.234 e. The number of likely N-dealkylation sites (tertiary alicyclic amines) is 1. The first-order chi connectivity index (χ1) is 10.6. The van der Waals surface area contributed by atoms with E-state index in [1.54, 1.807) is 7.11 Å². The first-order valence-corrected chi connectivity index (χ1v) is 7.98. The summed E-state index contributed by atoms with van der Waals surface area (Å²) >= 11 is 0. The summed E-state index contributed by atoms with van der Waals surface area (Å²) < 4.78 is 5.23. The first-order valence-electron chi connectivity index (χ1n) is 7.98. The summed E-state index contributed by atoms with van der Waals surface area (Å²) in [6, 6.07) is 8.03. The summed E-state index contributed by atoms with van der Waals surface area (Å²) in [5, 5.41) is 13.9. The number of piperidine rings is 1. The van der Waals surface area contributed by atoms with Gasteiger partial charge in [0.05, 0.1) is 19.3 Å². The molecule has 3 rings (SSSR count). The largest absolute Gasteiger partial charge is 0.497 e. The van der Waals surface area contributed by atoms with Crippen LogP contribution in [0.5, 0.6) is 5.75 Å². The molecule has 2 fully saturated rings. The Labute approximate surface area is 131 Å². The lowest BCUT2D eigenvalue weighted by atomic mass is 9.84. The van der Waals surface area contributed by atoms with Crippen LogP contribution in [0, 0.1) is 0 Å². The molecule has 2 N–H and O–H groups in total. The molecule has 1 saturated carbocycles. The summed E-state index contributed by atoms with van der Waals surface area (Å²) in [5.41, 5.74) is 0.0757. The summed E-state index contributed by atoms with van der Waals surface area (Å²) in [5.74, 6) is 0.867. The van der Waals surface area contributed by atoms with E-state index in [-0.39, 0.29) is 5.91 Å². The highest BCUT2D eigenvalue weighted by molar-refractivity contribution is 5.78. The van der Waals surface area contributed by atoms with Gasteiger partial charge in [0.25, 0.3) is 0 Å². The molecule has 22 heavy (non-hydrogen) atoms. The zero-order valence-electron chi connectivity index (χ0n) is 13.0. The monoisotopic (exact) mass is 304 g/mol. The molecule has 5 heteroatoms. The third kappa shape index (κ3) is 3.59. The second kappa shape index (κ2) is 6.26. The van der Waals surface area contributed by atoms with E-state index in [0.29, 0.717) is 25.4 Å². The van der Waals surface area contributed by atoms with Crippen LogP contribution >= 0.6 is 0 Å². The third-order valence-electron chi connectivity index (χ3n) is 4.60. The van der Waals surface area contributed by atoms with E-state index < -0.39 is 5.60 Å². The number of hydrogen-bond acceptors (Lipinski definition) is 4. The SMILES string of the molecule is COc1cccc(C2(O)CCN(CC(=O)NC3CC3)CC2)c1. The number of nitrogens with zero attached hydrogens (tertiary/aromatic N) is 1. The maximum atomic E-state index is 11.8. The Balaban J connectivity index is 1.56. The molecule has 120 valence electrons. The minimum Gasteiger partial charge on any atom is -0.497 e. The van der Waals surface area contributed by atoms with Crippen LogP contribution in [-0.2, 0) is 10.4 Å². The van der Waals surface area contributed by atoms with E-state index in [1.165, 1.54) is 0 Å². The molecule has 1 heterocycles. The number of rotatable bonds is 5. The zero-order chi connectivity index (χ0) is 15.6. The Kier molecular flexibility index (Phi) is 4.36. The molecule has 0 atom stereocenters. The fraction of sp³-hybridized carbons (Fsp3) is 0.588. The second-order valence-corrected chi connectivity index (χ2v) is 6.38. The van der Waals surface area contributed by atoms with Gasteiger partial charge in [-0.05, 0) is 43.4 Å². The number of carbonyl (C=O) groups excluding carboxylic acids is 1. The van der Waals surface area contributed by atoms with Crippen LogP contribution in [-0.4, -0.2) is 48.7 Å². The number of aliphatic hydroxyl groups is 1. The van der Waals surface area contributed by atoms with Gasteiger partial charge in [0.1, 0.15) is 5.75 Å². The molecule has 1 aromatic rings. The molecule has 5 nitrogen and oxygen atoms in total. The number of amides is 1. The van der Waals surface area contributed by atoms with Crippen LogP contribution in [0.2, 0.25) is 0 Å². The molecular formula is C17H24N2O3. The lowest BCUT2D eigenvalue weighted by molar-refractivity contribution is -0.123. The van der Waals surface area contributed by atoms with E-state index in [1.807, 2.05) is 24.3 Å². The van der Waals surface area contributed by atoms with Gasteiger partial charge in [0.2, 0.25) is 5.91 Å². The average Bonchev–Trinajstić information content (AvgIpc) is 3.34. The number of ether oxygens (including phenoxy) is 1. The van der Waals surface area contributed by atoms with Gasteiger partial charge in [0.15, 0.2) is 0 Å². The van der Waals surface area contributed by atoms with Crippen molar-refractivity contribution in [1.29, 1.82) is 0 Å². The predicted molar refractivity (Wildman–Crippen MR) is 83.7 cm³/mol. The van der Waals surface area contributed by atoms with Crippen LogP contribution in [0.15, 0.2) is 24.3 Å². The Morgan fingerprint density at radius 2 is 2.14 bits per heavy atom. The molecule has 0 aromatic heterocycles. The molecule has 1 aliphatic carbocycles. The van der Waals surface area contributed by atoms with Gasteiger partial charge >= 0.3 is 0 Å². The molecule has 0 unspecified atom stereocenters. The molecule has 2 aliphatic rings. The lowest BCUT2D eigenvalue weighted by Crippen LogP contribution is -2.46. The smallest absolute Gasteiger partial charge is 0.234 e. The molecule has 1 saturated heterocycles. The summed E-state index contributed by atoms with van der Waals surface area (Å²) in [4.78, 5) is 14.0. The van der Waals surface area contributed by atoms with Gasteiger partial charge in [0, 0.05) is 19.1 Å². The topological polar surface area (TPSA) is 61.8 Å². The summed E-state index contributed by atoms with van der Waals surface area (Å²) in [7, 11) is 1.63. The number of carbonyl (C=O) groups is 1. The zero-order valence-corrected chi connectivity index (χ0v) is 13.0. The average molecular weight is 304 g/mol. The van der Waals surface area contributed by atoms with E-state index in [0.717, 1.165) is 37.2 Å². The van der Waals surface area contributed by atoms with Crippen LogP contribution in [0.3, 0.4) is 0 Å². The fourth-order valence-corrected chi connectivity index (χ4v) is 2.99. The van der Waals surface area contributed by atoms with Gasteiger partial charge in [-0.15, -0.1) is 0 Å². The molecule has 0 radical (unpaired) electrons. The molecule has 1 aromatic carbocycles. The van der Waals surface area contributed by atoms with Gasteiger partial charge in [-0.1, -0.05) is 12.1 Å². The Bertz CT molecular complexity index is 534. The minimum absolute atomic E-state index is 0.106. The van der Waals surface area contributed by atoms with E-state index in [2.05, 4.69) is 10.2 Å². The van der Waals surface area contributed by atoms with Crippen LogP contribution in [0.25, 0.3) is 0 Å². The van der Waals surface area contributed by atoms with Crippen LogP contribution in [0.1, 0.15) is 31.2 Å². The van der Waals surface area contributed by atoms with E-state index in [4.69, 9.17) is 4.74 Å². The Morgan fingerprint density at radius 1 is 1.41 bits per heavy atom. The fourth-order valence-electron chi connectivity index (χ4n) is 2.99. The Hall–Kier alpha value is -1.59. The van der Waals surface area contributed by atoms with Crippen molar-refractivity contribution in [2.75, 3.05) is 26.7 Å². The number of benzene rings is 1. The standard InChI is InChI=1S/C17H24N2O3/c1-22-15-4-2-3-13(11-15)17(21)7-9-19(10-8-17)12-16(20)18-14-5-6-14/h2-4,11,14,21H,5-10,12H2,1H3,(H,18,20). The lowest BCUT2D eigenvalue weighted by Gasteiger charge is -2.38. The third-order valence-corrected chi connectivity index (χ3v) is 4.60. The van der Waals surface area contributed by atoms with Crippen LogP contribution in [0.4, 0.5) is 0 Å². The Morgan fingerprint density at radius 3 is 2.77 bits per heavy atom. The molecule has 0 spiro atoms. The van der Waals surface area contributed by atoms with Crippen molar-refractivity contribution >= 4 is 5.91 Å². The van der Waals surface area contributed by atoms with Crippen molar-refractivity contribution in [1.82, 2.24) is 10.2 Å². The predicted octanol–water partition coefficient (Wildman–Crippen LogP) is 1.26. The summed E-state index contributed by atoms with van der Waals surface area (Å²) in [6.45, 7) is 1.89. The highest BCUT2D eigenvalue weighted by Gasteiger charge is 2.35. The maximum absolute atomic E-state index is 11.8. The van der Waals surface area contributed by atoms with Crippen molar-refractivity contribution in [2.24, 2.45) is 0 Å². The van der Waals surface area contributed by atoms with Crippen molar-refractivity contribution < 1.29 is 14.6 Å². The highest BCUT2D eigenvalue weighted by Crippen LogP contribution is 2.34. The van der Waals surface area contributed by atoms with Gasteiger partial charge < -0.3 is 15.2 Å². The molecule has 1 aliphatic heterocycles. The molecule has 0 bridgehead atoms. The van der Waals surface area contributed by atoms with Crippen molar-refractivity contribution in [3.05, 3.63) is 29.8 Å². The highest BCUT2D eigenvalue weighted by atomic mass is 16.5. The van der Waals surface area contributed by atoms with Gasteiger partial charge in [-0.3, -0.25) is 9.69 Å².